The maximum atomic E-state index is 11.8. The lowest BCUT2D eigenvalue weighted by Gasteiger charge is -2.02. The Labute approximate surface area is 111 Å². The van der Waals surface area contributed by atoms with E-state index in [-0.39, 0.29) is 12.5 Å². The molecule has 1 aromatic rings. The Morgan fingerprint density at radius 1 is 1.61 bits per heavy atom. The molecular formula is C13H17NO3S. The van der Waals surface area contributed by atoms with Crippen molar-refractivity contribution in [2.45, 2.75) is 13.3 Å². The summed E-state index contributed by atoms with van der Waals surface area (Å²) in [6, 6.07) is 1.82. The zero-order valence-electron chi connectivity index (χ0n) is 10.6. The minimum Gasteiger partial charge on any atom is -0.385 e. The van der Waals surface area contributed by atoms with Crippen LogP contribution >= 0.6 is 11.3 Å². The maximum absolute atomic E-state index is 11.8. The third kappa shape index (κ3) is 4.49. The predicted octanol–water partition coefficient (Wildman–Crippen LogP) is 1.17. The second-order valence-electron chi connectivity index (χ2n) is 3.68. The van der Waals surface area contributed by atoms with Crippen molar-refractivity contribution in [1.82, 2.24) is 5.32 Å². The first kappa shape index (κ1) is 14.7. The molecule has 1 heterocycles. The van der Waals surface area contributed by atoms with E-state index in [1.807, 2.05) is 13.0 Å². The number of carbonyl (C=O) groups is 1. The topological polar surface area (TPSA) is 58.6 Å². The molecule has 0 aliphatic rings. The van der Waals surface area contributed by atoms with E-state index < -0.39 is 0 Å². The van der Waals surface area contributed by atoms with E-state index in [1.165, 1.54) is 11.3 Å². The average Bonchev–Trinajstić information content (AvgIpc) is 2.73. The molecule has 1 amide bonds. The first-order valence-corrected chi connectivity index (χ1v) is 6.48. The van der Waals surface area contributed by atoms with Gasteiger partial charge in [0.1, 0.15) is 6.61 Å². The predicted molar refractivity (Wildman–Crippen MR) is 71.8 cm³/mol. The molecule has 4 nitrogen and oxygen atoms in total. The van der Waals surface area contributed by atoms with E-state index in [4.69, 9.17) is 9.84 Å². The van der Waals surface area contributed by atoms with Crippen molar-refractivity contribution < 1.29 is 14.6 Å². The molecule has 0 saturated heterocycles. The number of hydrogen-bond acceptors (Lipinski definition) is 4. The van der Waals surface area contributed by atoms with Crippen molar-refractivity contribution >= 4 is 17.2 Å². The van der Waals surface area contributed by atoms with Crippen molar-refractivity contribution in [3.05, 3.63) is 21.4 Å². The van der Waals surface area contributed by atoms with Gasteiger partial charge in [0.05, 0.1) is 9.75 Å². The molecule has 0 aliphatic heterocycles. The average molecular weight is 267 g/mol. The van der Waals surface area contributed by atoms with Gasteiger partial charge in [-0.3, -0.25) is 4.79 Å². The van der Waals surface area contributed by atoms with E-state index in [0.29, 0.717) is 18.0 Å². The van der Waals surface area contributed by atoms with E-state index >= 15 is 0 Å². The zero-order chi connectivity index (χ0) is 13.4. The summed E-state index contributed by atoms with van der Waals surface area (Å²) in [5.74, 6) is 5.33. The standard InChI is InChI=1S/C13H17NO3S/c1-10-9-12(18-11(10)5-3-7-15)13(16)14-6-4-8-17-2/h9,15H,4,6-8H2,1-2H3,(H,14,16). The number of aryl methyl sites for hydroxylation is 1. The van der Waals surface area contributed by atoms with Gasteiger partial charge in [0.15, 0.2) is 0 Å². The lowest BCUT2D eigenvalue weighted by molar-refractivity contribution is 0.0952. The van der Waals surface area contributed by atoms with Gasteiger partial charge < -0.3 is 15.2 Å². The van der Waals surface area contributed by atoms with Crippen LogP contribution in [0.4, 0.5) is 0 Å². The third-order valence-corrected chi connectivity index (χ3v) is 3.38. The zero-order valence-corrected chi connectivity index (χ0v) is 11.4. The minimum absolute atomic E-state index is 0.0868. The summed E-state index contributed by atoms with van der Waals surface area (Å²) in [6.45, 7) is 2.97. The molecular weight excluding hydrogens is 250 g/mol. The van der Waals surface area contributed by atoms with Crippen LogP contribution in [-0.2, 0) is 4.74 Å². The van der Waals surface area contributed by atoms with Crippen molar-refractivity contribution in [3.8, 4) is 11.8 Å². The summed E-state index contributed by atoms with van der Waals surface area (Å²) in [5.41, 5.74) is 0.961. The fourth-order valence-electron chi connectivity index (χ4n) is 1.34. The number of hydrogen-bond donors (Lipinski definition) is 2. The van der Waals surface area contributed by atoms with Crippen LogP contribution in [0.2, 0.25) is 0 Å². The monoisotopic (exact) mass is 267 g/mol. The Balaban J connectivity index is 2.58. The first-order valence-electron chi connectivity index (χ1n) is 5.66. The molecule has 1 aromatic heterocycles. The fraction of sp³-hybridized carbons (Fsp3) is 0.462. The van der Waals surface area contributed by atoms with Crippen LogP contribution in [0.1, 0.15) is 26.5 Å². The van der Waals surface area contributed by atoms with Gasteiger partial charge in [-0.1, -0.05) is 11.8 Å². The van der Waals surface area contributed by atoms with Crippen molar-refractivity contribution in [3.63, 3.8) is 0 Å². The highest BCUT2D eigenvalue weighted by atomic mass is 32.1. The van der Waals surface area contributed by atoms with Gasteiger partial charge in [-0.2, -0.15) is 0 Å². The van der Waals surface area contributed by atoms with Crippen LogP contribution in [0, 0.1) is 18.8 Å². The van der Waals surface area contributed by atoms with Gasteiger partial charge >= 0.3 is 0 Å². The normalized spacial score (nSPS) is 9.72. The van der Waals surface area contributed by atoms with Crippen molar-refractivity contribution in [1.29, 1.82) is 0 Å². The molecule has 0 atom stereocenters. The lowest BCUT2D eigenvalue weighted by Crippen LogP contribution is -2.24. The Morgan fingerprint density at radius 2 is 2.39 bits per heavy atom. The number of nitrogens with one attached hydrogen (secondary N) is 1. The summed E-state index contributed by atoms with van der Waals surface area (Å²) < 4.78 is 4.91. The third-order valence-electron chi connectivity index (χ3n) is 2.23. The van der Waals surface area contributed by atoms with Crippen LogP contribution in [0.5, 0.6) is 0 Å². The highest BCUT2D eigenvalue weighted by Crippen LogP contribution is 2.20. The molecule has 98 valence electrons. The molecule has 0 aromatic carbocycles. The number of ether oxygens (including phenoxy) is 1. The number of aliphatic hydroxyl groups is 1. The molecule has 0 unspecified atom stereocenters. The van der Waals surface area contributed by atoms with Gasteiger partial charge in [0.2, 0.25) is 0 Å². The smallest absolute Gasteiger partial charge is 0.261 e. The maximum Gasteiger partial charge on any atom is 0.261 e. The summed E-state index contributed by atoms with van der Waals surface area (Å²) in [6.07, 6.45) is 0.795. The Morgan fingerprint density at radius 3 is 3.06 bits per heavy atom. The van der Waals surface area contributed by atoms with Crippen molar-refractivity contribution in [2.24, 2.45) is 0 Å². The molecule has 0 saturated carbocycles. The summed E-state index contributed by atoms with van der Waals surface area (Å²) in [5, 5.41) is 11.5. The number of amides is 1. The number of carbonyl (C=O) groups excluding carboxylic acids is 1. The second-order valence-corrected chi connectivity index (χ2v) is 4.74. The van der Waals surface area contributed by atoms with E-state index in [0.717, 1.165) is 16.9 Å². The molecule has 0 spiro atoms. The molecule has 0 fully saturated rings. The summed E-state index contributed by atoms with van der Waals surface area (Å²) >= 11 is 1.34. The van der Waals surface area contributed by atoms with E-state index in [1.54, 1.807) is 7.11 Å². The summed E-state index contributed by atoms with van der Waals surface area (Å²) in [4.78, 5) is 13.3. The number of thiophene rings is 1. The van der Waals surface area contributed by atoms with Gasteiger partial charge in [0.25, 0.3) is 5.91 Å². The van der Waals surface area contributed by atoms with Crippen molar-refractivity contribution in [2.75, 3.05) is 26.9 Å². The molecule has 2 N–H and O–H groups in total. The fourth-order valence-corrected chi connectivity index (χ4v) is 2.31. The van der Waals surface area contributed by atoms with Gasteiger partial charge in [-0.05, 0) is 25.0 Å². The number of aliphatic hydroxyl groups excluding tert-OH is 1. The van der Waals surface area contributed by atoms with Crippen LogP contribution in [0.15, 0.2) is 6.07 Å². The lowest BCUT2D eigenvalue weighted by atomic mass is 10.2. The Bertz CT molecular complexity index is 457. The minimum atomic E-state index is -0.171. The van der Waals surface area contributed by atoms with E-state index in [9.17, 15) is 4.79 Å². The van der Waals surface area contributed by atoms with Crippen LogP contribution in [0.3, 0.4) is 0 Å². The first-order chi connectivity index (χ1) is 8.69. The molecule has 0 aliphatic carbocycles. The quantitative estimate of drug-likeness (QED) is 0.622. The molecule has 5 heteroatoms. The van der Waals surface area contributed by atoms with E-state index in [2.05, 4.69) is 17.2 Å². The Kier molecular flexibility index (Phi) is 6.44. The molecule has 18 heavy (non-hydrogen) atoms. The molecule has 1 rings (SSSR count). The van der Waals surface area contributed by atoms with Crippen LogP contribution in [0.25, 0.3) is 0 Å². The number of methoxy groups -OCH3 is 1. The summed E-state index contributed by atoms with van der Waals surface area (Å²) in [7, 11) is 1.64. The van der Waals surface area contributed by atoms with Gasteiger partial charge in [-0.25, -0.2) is 0 Å². The largest absolute Gasteiger partial charge is 0.385 e. The Hall–Kier alpha value is -1.35. The molecule has 0 bridgehead atoms. The highest BCUT2D eigenvalue weighted by Gasteiger charge is 2.10. The highest BCUT2D eigenvalue weighted by molar-refractivity contribution is 7.14. The molecule has 0 radical (unpaired) electrons. The second kappa shape index (κ2) is 7.88. The SMILES string of the molecule is COCCCNC(=O)c1cc(C)c(C#CCO)s1. The van der Waals surface area contributed by atoms with Crippen LogP contribution in [-0.4, -0.2) is 37.9 Å². The van der Waals surface area contributed by atoms with Crippen LogP contribution < -0.4 is 5.32 Å². The van der Waals surface area contributed by atoms with Gasteiger partial charge in [-0.15, -0.1) is 11.3 Å². The van der Waals surface area contributed by atoms with Gasteiger partial charge in [0, 0.05) is 20.3 Å². The number of rotatable bonds is 5.